The lowest BCUT2D eigenvalue weighted by Crippen LogP contribution is -2.52. The molecule has 0 saturated carbocycles. The normalized spacial score (nSPS) is 26.2. The molecule has 2 spiro atoms. The number of aromatic nitrogens is 3. The summed E-state index contributed by atoms with van der Waals surface area (Å²) in [5, 5.41) is 0. The number of carbonyl (C=O) groups excluding carboxylic acids is 1. The molecule has 5 rings (SSSR count). The second kappa shape index (κ2) is 7.61. The van der Waals surface area contributed by atoms with Gasteiger partial charge in [0.25, 0.3) is 0 Å². The molecule has 0 aromatic carbocycles. The van der Waals surface area contributed by atoms with Crippen LogP contribution in [0.2, 0.25) is 0 Å². The molecule has 0 bridgehead atoms. The second-order valence-electron chi connectivity index (χ2n) is 9.04. The Bertz CT molecular complexity index is 883. The molecule has 0 aliphatic carbocycles. The fourth-order valence-electron chi connectivity index (χ4n) is 5.97. The smallest absolute Gasteiger partial charge is 0.231 e. The molecule has 0 N–H and O–H groups in total. The summed E-state index contributed by atoms with van der Waals surface area (Å²) in [6.07, 6.45) is 10.4. The van der Waals surface area contributed by atoms with Crippen LogP contribution in [0, 0.1) is 10.8 Å². The Kier molecular flexibility index (Phi) is 4.93. The van der Waals surface area contributed by atoms with Crippen molar-refractivity contribution >= 4 is 11.9 Å². The van der Waals surface area contributed by atoms with E-state index >= 15 is 0 Å². The summed E-state index contributed by atoms with van der Waals surface area (Å²) in [5.41, 5.74) is 0.948. The first kappa shape index (κ1) is 19.4. The summed E-state index contributed by atoms with van der Waals surface area (Å²) in [7, 11) is 0. The summed E-state index contributed by atoms with van der Waals surface area (Å²) in [6.45, 7) is 8.34. The van der Waals surface area contributed by atoms with Gasteiger partial charge in [-0.25, -0.2) is 9.97 Å². The largest absolute Gasteiger partial charge is 0.342 e. The van der Waals surface area contributed by atoms with Crippen LogP contribution < -0.4 is 4.90 Å². The molecule has 7 nitrogen and oxygen atoms in total. The zero-order valence-corrected chi connectivity index (χ0v) is 17.7. The van der Waals surface area contributed by atoms with Gasteiger partial charge < -0.3 is 9.80 Å². The van der Waals surface area contributed by atoms with E-state index in [2.05, 4.69) is 42.6 Å². The van der Waals surface area contributed by atoms with Gasteiger partial charge in [0.05, 0.1) is 5.41 Å². The molecule has 30 heavy (non-hydrogen) atoms. The van der Waals surface area contributed by atoms with Crippen molar-refractivity contribution in [1.82, 2.24) is 24.8 Å². The quantitative estimate of drug-likeness (QED) is 0.776. The van der Waals surface area contributed by atoms with Crippen molar-refractivity contribution in [3.63, 3.8) is 0 Å². The number of carbonyl (C=O) groups is 1. The zero-order valence-electron chi connectivity index (χ0n) is 17.7. The summed E-state index contributed by atoms with van der Waals surface area (Å²) >= 11 is 0. The Morgan fingerprint density at radius 1 is 1.00 bits per heavy atom. The fourth-order valence-corrected chi connectivity index (χ4v) is 5.97. The predicted molar refractivity (Wildman–Crippen MR) is 115 cm³/mol. The molecule has 0 radical (unpaired) electrons. The van der Waals surface area contributed by atoms with E-state index in [-0.39, 0.29) is 10.8 Å². The predicted octanol–water partition coefficient (Wildman–Crippen LogP) is 2.21. The van der Waals surface area contributed by atoms with Crippen molar-refractivity contribution in [2.45, 2.75) is 32.7 Å². The number of pyridine rings is 1. The molecule has 2 aromatic heterocycles. The maximum absolute atomic E-state index is 13.6. The van der Waals surface area contributed by atoms with Crippen LogP contribution in [0.3, 0.4) is 0 Å². The Labute approximate surface area is 178 Å². The van der Waals surface area contributed by atoms with E-state index in [1.807, 2.05) is 24.5 Å². The van der Waals surface area contributed by atoms with Gasteiger partial charge in [-0.2, -0.15) is 0 Å². The molecule has 158 valence electrons. The molecule has 1 amide bonds. The SMILES string of the molecule is CCN1CC[C@]2(CN(c3ncccn3)CC23CCN(Cc2cccnc2)CC3)C1=O. The average Bonchev–Trinajstić information content (AvgIpc) is 3.29. The minimum atomic E-state index is -0.303. The van der Waals surface area contributed by atoms with Crippen molar-refractivity contribution in [3.05, 3.63) is 48.5 Å². The lowest BCUT2D eigenvalue weighted by molar-refractivity contribution is -0.142. The first-order valence-electron chi connectivity index (χ1n) is 11.1. The van der Waals surface area contributed by atoms with Gasteiger partial charge in [-0.3, -0.25) is 14.7 Å². The molecule has 3 aliphatic heterocycles. The van der Waals surface area contributed by atoms with E-state index in [4.69, 9.17) is 0 Å². The number of rotatable bonds is 4. The third kappa shape index (κ3) is 3.07. The van der Waals surface area contributed by atoms with Gasteiger partial charge in [0.15, 0.2) is 0 Å². The Morgan fingerprint density at radius 3 is 2.47 bits per heavy atom. The van der Waals surface area contributed by atoms with Crippen molar-refractivity contribution < 1.29 is 4.79 Å². The lowest BCUT2D eigenvalue weighted by atomic mass is 9.60. The molecular weight excluding hydrogens is 376 g/mol. The van der Waals surface area contributed by atoms with Crippen LogP contribution in [0.1, 0.15) is 31.7 Å². The zero-order chi connectivity index (χ0) is 20.6. The van der Waals surface area contributed by atoms with E-state index < -0.39 is 0 Å². The number of anilines is 1. The maximum atomic E-state index is 13.6. The molecule has 2 aromatic rings. The van der Waals surface area contributed by atoms with Gasteiger partial charge in [0, 0.05) is 62.9 Å². The second-order valence-corrected chi connectivity index (χ2v) is 9.04. The van der Waals surface area contributed by atoms with Crippen LogP contribution in [0.5, 0.6) is 0 Å². The monoisotopic (exact) mass is 406 g/mol. The van der Waals surface area contributed by atoms with Gasteiger partial charge in [-0.1, -0.05) is 6.07 Å². The van der Waals surface area contributed by atoms with Gasteiger partial charge in [-0.05, 0) is 57.0 Å². The van der Waals surface area contributed by atoms with Gasteiger partial charge in [-0.15, -0.1) is 0 Å². The van der Waals surface area contributed by atoms with Crippen molar-refractivity contribution in [3.8, 4) is 0 Å². The minimum absolute atomic E-state index is 0.00135. The number of piperidine rings is 1. The Morgan fingerprint density at radius 2 is 1.80 bits per heavy atom. The average molecular weight is 407 g/mol. The highest BCUT2D eigenvalue weighted by Gasteiger charge is 2.65. The van der Waals surface area contributed by atoms with Crippen LogP contribution in [0.25, 0.3) is 0 Å². The molecule has 5 heterocycles. The number of hydrogen-bond donors (Lipinski definition) is 0. The summed E-state index contributed by atoms with van der Waals surface area (Å²) in [6, 6.07) is 5.99. The third-order valence-corrected chi connectivity index (χ3v) is 7.63. The highest BCUT2D eigenvalue weighted by molar-refractivity contribution is 5.87. The van der Waals surface area contributed by atoms with Crippen molar-refractivity contribution in [2.24, 2.45) is 10.8 Å². The molecule has 1 atom stereocenters. The van der Waals surface area contributed by atoms with Crippen molar-refractivity contribution in [1.29, 1.82) is 0 Å². The van der Waals surface area contributed by atoms with E-state index in [9.17, 15) is 4.79 Å². The van der Waals surface area contributed by atoms with Crippen LogP contribution in [-0.4, -0.2) is 69.9 Å². The third-order valence-electron chi connectivity index (χ3n) is 7.63. The number of amides is 1. The standard InChI is InChI=1S/C23H30N6O/c1-2-28-14-8-23(20(28)30)18-29(21-25-10-4-11-26-21)17-22(23)6-12-27(13-7-22)16-19-5-3-9-24-15-19/h3-5,9-11,15H,2,6-8,12-14,16-18H2,1H3/t23-/m0/s1. The summed E-state index contributed by atoms with van der Waals surface area (Å²) in [5.74, 6) is 1.11. The van der Waals surface area contributed by atoms with Crippen LogP contribution >= 0.6 is 0 Å². The highest BCUT2D eigenvalue weighted by Crippen LogP contribution is 2.58. The van der Waals surface area contributed by atoms with E-state index in [1.165, 1.54) is 5.56 Å². The lowest BCUT2D eigenvalue weighted by Gasteiger charge is -2.46. The number of fused-ring (bicyclic) bond motifs is 1. The molecule has 3 saturated heterocycles. The first-order chi connectivity index (χ1) is 14.7. The van der Waals surface area contributed by atoms with Crippen LogP contribution in [0.4, 0.5) is 5.95 Å². The number of nitrogens with zero attached hydrogens (tertiary/aromatic N) is 6. The van der Waals surface area contributed by atoms with E-state index in [0.29, 0.717) is 5.91 Å². The Hall–Kier alpha value is -2.54. The van der Waals surface area contributed by atoms with Gasteiger partial charge in [0.2, 0.25) is 11.9 Å². The number of likely N-dealkylation sites (tertiary alicyclic amines) is 2. The molecule has 7 heteroatoms. The Balaban J connectivity index is 1.40. The van der Waals surface area contributed by atoms with E-state index in [0.717, 1.165) is 71.0 Å². The molecule has 3 aliphatic rings. The molecule has 3 fully saturated rings. The summed E-state index contributed by atoms with van der Waals surface area (Å²) < 4.78 is 0. The fraction of sp³-hybridized carbons (Fsp3) is 0.565. The highest BCUT2D eigenvalue weighted by atomic mass is 16.2. The summed E-state index contributed by atoms with van der Waals surface area (Å²) in [4.78, 5) is 33.7. The first-order valence-corrected chi connectivity index (χ1v) is 11.1. The van der Waals surface area contributed by atoms with Gasteiger partial charge in [0.1, 0.15) is 0 Å². The minimum Gasteiger partial charge on any atom is -0.342 e. The maximum Gasteiger partial charge on any atom is 0.231 e. The topological polar surface area (TPSA) is 65.5 Å². The molecule has 0 unspecified atom stereocenters. The van der Waals surface area contributed by atoms with Crippen molar-refractivity contribution in [2.75, 3.05) is 44.2 Å². The van der Waals surface area contributed by atoms with E-state index in [1.54, 1.807) is 12.4 Å². The van der Waals surface area contributed by atoms with Crippen LogP contribution in [-0.2, 0) is 11.3 Å². The number of hydrogen-bond acceptors (Lipinski definition) is 6. The molecular formula is C23H30N6O. The van der Waals surface area contributed by atoms with Gasteiger partial charge >= 0.3 is 0 Å². The van der Waals surface area contributed by atoms with Crippen LogP contribution in [0.15, 0.2) is 43.0 Å².